The lowest BCUT2D eigenvalue weighted by Crippen LogP contribution is -2.50. The van der Waals surface area contributed by atoms with Crippen molar-refractivity contribution < 1.29 is 23.8 Å². The number of nitrogens with zero attached hydrogens (tertiary/aromatic N) is 1. The Morgan fingerprint density at radius 2 is 1.79 bits per heavy atom. The molecule has 0 aromatic heterocycles. The van der Waals surface area contributed by atoms with Gasteiger partial charge in [-0.05, 0) is 38.5 Å². The van der Waals surface area contributed by atoms with Gasteiger partial charge in [-0.25, -0.2) is 4.79 Å². The van der Waals surface area contributed by atoms with Crippen molar-refractivity contribution in [3.8, 4) is 11.5 Å². The normalized spacial score (nSPS) is 13.5. The van der Waals surface area contributed by atoms with Crippen molar-refractivity contribution in [1.29, 1.82) is 0 Å². The van der Waals surface area contributed by atoms with Gasteiger partial charge in [0.15, 0.2) is 11.5 Å². The molecule has 7 nitrogen and oxygen atoms in total. The van der Waals surface area contributed by atoms with Crippen LogP contribution in [0.2, 0.25) is 0 Å². The fraction of sp³-hybridized carbons (Fsp3) is 0.364. The highest BCUT2D eigenvalue weighted by atomic mass is 16.7. The zero-order valence-electron chi connectivity index (χ0n) is 17.1. The van der Waals surface area contributed by atoms with E-state index in [1.54, 1.807) is 46.0 Å². The molecule has 3 rings (SSSR count). The van der Waals surface area contributed by atoms with Crippen LogP contribution >= 0.6 is 0 Å². The van der Waals surface area contributed by atoms with Crippen LogP contribution in [0, 0.1) is 0 Å². The van der Waals surface area contributed by atoms with Crippen molar-refractivity contribution in [2.45, 2.75) is 38.8 Å². The minimum absolute atomic E-state index is 0.160. The molecule has 2 aromatic carbocycles. The van der Waals surface area contributed by atoms with Gasteiger partial charge in [-0.3, -0.25) is 4.79 Å². The number of amides is 2. The van der Waals surface area contributed by atoms with Gasteiger partial charge >= 0.3 is 6.09 Å². The van der Waals surface area contributed by atoms with E-state index < -0.39 is 17.7 Å². The Morgan fingerprint density at radius 3 is 2.48 bits per heavy atom. The monoisotopic (exact) mass is 398 g/mol. The standard InChI is InChI=1S/C22H26N2O5/c1-22(2,3)29-21(26)23-17(12-15-8-6-5-7-9-15)20(25)24(4)16-10-11-18-19(13-16)28-14-27-18/h5-11,13,17H,12,14H2,1-4H3,(H,23,26). The van der Waals surface area contributed by atoms with E-state index in [1.807, 2.05) is 30.3 Å². The molecule has 0 fully saturated rings. The molecule has 1 N–H and O–H groups in total. The third kappa shape index (κ3) is 5.40. The maximum absolute atomic E-state index is 13.2. The highest BCUT2D eigenvalue weighted by Gasteiger charge is 2.28. The maximum Gasteiger partial charge on any atom is 0.408 e. The van der Waals surface area contributed by atoms with Crippen molar-refractivity contribution in [2.75, 3.05) is 18.7 Å². The topological polar surface area (TPSA) is 77.1 Å². The van der Waals surface area contributed by atoms with Crippen molar-refractivity contribution in [3.63, 3.8) is 0 Å². The molecule has 1 atom stereocenters. The molecule has 2 amide bonds. The summed E-state index contributed by atoms with van der Waals surface area (Å²) in [5.41, 5.74) is 0.914. The van der Waals surface area contributed by atoms with Crippen molar-refractivity contribution in [2.24, 2.45) is 0 Å². The number of alkyl carbamates (subject to hydrolysis) is 1. The number of benzene rings is 2. The minimum atomic E-state index is -0.789. The first-order valence-electron chi connectivity index (χ1n) is 9.43. The zero-order valence-corrected chi connectivity index (χ0v) is 17.1. The number of rotatable bonds is 5. The molecular weight excluding hydrogens is 372 g/mol. The number of ether oxygens (including phenoxy) is 3. The van der Waals surface area contributed by atoms with Crippen LogP contribution in [0.15, 0.2) is 48.5 Å². The number of nitrogens with one attached hydrogen (secondary N) is 1. The molecule has 1 aliphatic heterocycles. The summed E-state index contributed by atoms with van der Waals surface area (Å²) in [6.45, 7) is 5.49. The highest BCUT2D eigenvalue weighted by Crippen LogP contribution is 2.35. The van der Waals surface area contributed by atoms with Gasteiger partial charge in [0.25, 0.3) is 0 Å². The predicted molar refractivity (Wildman–Crippen MR) is 109 cm³/mol. The molecule has 7 heteroatoms. The number of likely N-dealkylation sites (N-methyl/N-ethyl adjacent to an activating group) is 1. The molecule has 1 heterocycles. The van der Waals surface area contributed by atoms with Gasteiger partial charge in [0.1, 0.15) is 11.6 Å². The Balaban J connectivity index is 1.79. The van der Waals surface area contributed by atoms with Crippen LogP contribution in [0.4, 0.5) is 10.5 Å². The van der Waals surface area contributed by atoms with Crippen LogP contribution in [0.3, 0.4) is 0 Å². The molecule has 1 unspecified atom stereocenters. The Morgan fingerprint density at radius 1 is 1.10 bits per heavy atom. The second-order valence-electron chi connectivity index (χ2n) is 7.82. The summed E-state index contributed by atoms with van der Waals surface area (Å²) < 4.78 is 16.1. The van der Waals surface area contributed by atoms with Crippen molar-refractivity contribution in [3.05, 3.63) is 54.1 Å². The van der Waals surface area contributed by atoms with Crippen LogP contribution in [-0.4, -0.2) is 37.5 Å². The Labute approximate surface area is 170 Å². The average Bonchev–Trinajstić information content (AvgIpc) is 3.13. The molecule has 0 bridgehead atoms. The largest absolute Gasteiger partial charge is 0.454 e. The lowest BCUT2D eigenvalue weighted by atomic mass is 10.0. The summed E-state index contributed by atoms with van der Waals surface area (Å²) >= 11 is 0. The van der Waals surface area contributed by atoms with E-state index in [1.165, 1.54) is 4.90 Å². The van der Waals surface area contributed by atoms with Gasteiger partial charge in [0, 0.05) is 25.2 Å². The summed E-state index contributed by atoms with van der Waals surface area (Å²) in [6, 6.07) is 14.0. The van der Waals surface area contributed by atoms with Gasteiger partial charge in [0.05, 0.1) is 0 Å². The average molecular weight is 398 g/mol. The van der Waals surface area contributed by atoms with Gasteiger partial charge in [0.2, 0.25) is 12.7 Å². The first kappa shape index (κ1) is 20.5. The molecule has 2 aromatic rings. The number of carbonyl (C=O) groups excluding carboxylic acids is 2. The quantitative estimate of drug-likeness (QED) is 0.834. The number of hydrogen-bond donors (Lipinski definition) is 1. The van der Waals surface area contributed by atoms with E-state index >= 15 is 0 Å². The highest BCUT2D eigenvalue weighted by molar-refractivity contribution is 5.98. The first-order chi connectivity index (χ1) is 13.7. The Kier molecular flexibility index (Phi) is 5.96. The molecule has 0 radical (unpaired) electrons. The number of fused-ring (bicyclic) bond motifs is 1. The van der Waals surface area contributed by atoms with Crippen molar-refractivity contribution in [1.82, 2.24) is 5.32 Å². The summed E-state index contributed by atoms with van der Waals surface area (Å²) in [7, 11) is 1.66. The third-order valence-electron chi connectivity index (χ3n) is 4.35. The van der Waals surface area contributed by atoms with Crippen molar-refractivity contribution >= 4 is 17.7 Å². The fourth-order valence-corrected chi connectivity index (χ4v) is 2.95. The van der Waals surface area contributed by atoms with Gasteiger partial charge < -0.3 is 24.4 Å². The molecule has 154 valence electrons. The summed E-state index contributed by atoms with van der Waals surface area (Å²) in [4.78, 5) is 27.1. The third-order valence-corrected chi connectivity index (χ3v) is 4.35. The fourth-order valence-electron chi connectivity index (χ4n) is 2.95. The molecule has 0 saturated heterocycles. The number of carbonyl (C=O) groups is 2. The van der Waals surface area contributed by atoms with E-state index in [0.29, 0.717) is 23.6 Å². The van der Waals surface area contributed by atoms with Crippen LogP contribution < -0.4 is 19.7 Å². The summed E-state index contributed by atoms with van der Waals surface area (Å²) in [5.74, 6) is 0.961. The van der Waals surface area contributed by atoms with E-state index in [0.717, 1.165) is 5.56 Å². The second-order valence-corrected chi connectivity index (χ2v) is 7.82. The molecule has 1 aliphatic rings. The maximum atomic E-state index is 13.2. The van der Waals surface area contributed by atoms with Crippen LogP contribution in [0.25, 0.3) is 0 Å². The molecule has 0 spiro atoms. The molecular formula is C22H26N2O5. The number of hydrogen-bond acceptors (Lipinski definition) is 5. The SMILES string of the molecule is CN(C(=O)C(Cc1ccccc1)NC(=O)OC(C)(C)C)c1ccc2c(c1)OCO2. The molecule has 0 aliphatic carbocycles. The van der Waals surface area contributed by atoms with E-state index in [2.05, 4.69) is 5.32 Å². The Bertz CT molecular complexity index is 877. The lowest BCUT2D eigenvalue weighted by molar-refractivity contribution is -0.120. The van der Waals surface area contributed by atoms with Crippen LogP contribution in [0.1, 0.15) is 26.3 Å². The van der Waals surface area contributed by atoms with Gasteiger partial charge in [-0.15, -0.1) is 0 Å². The Hall–Kier alpha value is -3.22. The second kappa shape index (κ2) is 8.43. The summed E-state index contributed by atoms with van der Waals surface area (Å²) in [5, 5.41) is 2.72. The van der Waals surface area contributed by atoms with Crippen LogP contribution in [-0.2, 0) is 16.0 Å². The van der Waals surface area contributed by atoms with Gasteiger partial charge in [-0.2, -0.15) is 0 Å². The predicted octanol–water partition coefficient (Wildman–Crippen LogP) is 3.51. The van der Waals surface area contributed by atoms with E-state index in [-0.39, 0.29) is 12.7 Å². The zero-order chi connectivity index (χ0) is 21.0. The lowest BCUT2D eigenvalue weighted by Gasteiger charge is -2.27. The van der Waals surface area contributed by atoms with Gasteiger partial charge in [-0.1, -0.05) is 30.3 Å². The minimum Gasteiger partial charge on any atom is -0.454 e. The number of anilines is 1. The van der Waals surface area contributed by atoms with E-state index in [4.69, 9.17) is 14.2 Å². The van der Waals surface area contributed by atoms with Crippen LogP contribution in [0.5, 0.6) is 11.5 Å². The molecule has 29 heavy (non-hydrogen) atoms. The molecule has 0 saturated carbocycles. The first-order valence-corrected chi connectivity index (χ1v) is 9.43. The van der Waals surface area contributed by atoms with E-state index in [9.17, 15) is 9.59 Å². The summed E-state index contributed by atoms with van der Waals surface area (Å²) in [6.07, 6.45) is -0.292. The smallest absolute Gasteiger partial charge is 0.408 e.